The lowest BCUT2D eigenvalue weighted by atomic mass is 9.91. The molecule has 1 aliphatic heterocycles. The lowest BCUT2D eigenvalue weighted by molar-refractivity contribution is -0.142. The normalized spacial score (nSPS) is 23.7. The van der Waals surface area contributed by atoms with Crippen molar-refractivity contribution in [2.75, 3.05) is 18.0 Å². The summed E-state index contributed by atoms with van der Waals surface area (Å²) < 4.78 is 5.71. The molecule has 100 valence electrons. The van der Waals surface area contributed by atoms with Crippen molar-refractivity contribution in [2.24, 2.45) is 11.8 Å². The van der Waals surface area contributed by atoms with Gasteiger partial charge in [-0.25, -0.2) is 0 Å². The zero-order valence-electron chi connectivity index (χ0n) is 10.7. The SMILES string of the molecule is CC1CC(C(=O)O)CN(c2nc3ccccc3o2)C1. The minimum Gasteiger partial charge on any atom is -0.481 e. The Kier molecular flexibility index (Phi) is 2.89. The van der Waals surface area contributed by atoms with Gasteiger partial charge in [-0.2, -0.15) is 4.98 Å². The van der Waals surface area contributed by atoms with E-state index in [2.05, 4.69) is 11.9 Å². The first-order valence-electron chi connectivity index (χ1n) is 6.47. The predicted molar refractivity (Wildman–Crippen MR) is 71.1 cm³/mol. The van der Waals surface area contributed by atoms with Gasteiger partial charge >= 0.3 is 5.97 Å². The molecule has 0 amide bonds. The summed E-state index contributed by atoms with van der Waals surface area (Å²) in [6.07, 6.45) is 0.714. The number of hydrogen-bond donors (Lipinski definition) is 1. The molecule has 1 saturated heterocycles. The minimum absolute atomic E-state index is 0.324. The number of aliphatic carboxylic acids is 1. The first-order chi connectivity index (χ1) is 9.13. The van der Waals surface area contributed by atoms with Crippen molar-refractivity contribution in [1.82, 2.24) is 4.98 Å². The van der Waals surface area contributed by atoms with Crippen molar-refractivity contribution in [3.63, 3.8) is 0 Å². The molecule has 1 aromatic heterocycles. The van der Waals surface area contributed by atoms with Crippen LogP contribution in [0, 0.1) is 11.8 Å². The molecule has 0 bridgehead atoms. The van der Waals surface area contributed by atoms with Crippen LogP contribution < -0.4 is 4.90 Å². The van der Waals surface area contributed by atoms with Gasteiger partial charge in [0.05, 0.1) is 5.92 Å². The summed E-state index contributed by atoms with van der Waals surface area (Å²) in [4.78, 5) is 17.5. The Morgan fingerprint density at radius 1 is 1.42 bits per heavy atom. The number of para-hydroxylation sites is 2. The molecule has 0 aliphatic carbocycles. The Morgan fingerprint density at radius 3 is 2.95 bits per heavy atom. The molecule has 0 spiro atoms. The van der Waals surface area contributed by atoms with E-state index in [1.807, 2.05) is 29.2 Å². The molecule has 2 unspecified atom stereocenters. The third-order valence-electron chi connectivity index (χ3n) is 3.56. The van der Waals surface area contributed by atoms with Crippen LogP contribution in [0.2, 0.25) is 0 Å². The summed E-state index contributed by atoms with van der Waals surface area (Å²) in [5.74, 6) is -0.767. The van der Waals surface area contributed by atoms with Gasteiger partial charge in [-0.1, -0.05) is 19.1 Å². The van der Waals surface area contributed by atoms with E-state index in [9.17, 15) is 9.90 Å². The van der Waals surface area contributed by atoms with Crippen molar-refractivity contribution >= 4 is 23.1 Å². The first kappa shape index (κ1) is 12.0. The zero-order chi connectivity index (χ0) is 13.4. The Bertz CT molecular complexity index is 575. The number of benzene rings is 1. The molecule has 1 aliphatic rings. The van der Waals surface area contributed by atoms with Gasteiger partial charge in [0.1, 0.15) is 5.52 Å². The molecule has 3 rings (SSSR count). The van der Waals surface area contributed by atoms with E-state index >= 15 is 0 Å². The molecule has 19 heavy (non-hydrogen) atoms. The van der Waals surface area contributed by atoms with Crippen LogP contribution in [0.4, 0.5) is 6.01 Å². The third-order valence-corrected chi connectivity index (χ3v) is 3.56. The Hall–Kier alpha value is -2.04. The van der Waals surface area contributed by atoms with E-state index in [0.717, 1.165) is 17.6 Å². The number of rotatable bonds is 2. The van der Waals surface area contributed by atoms with Gasteiger partial charge in [-0.05, 0) is 24.5 Å². The average molecular weight is 260 g/mol. The number of carboxylic acids is 1. The van der Waals surface area contributed by atoms with Gasteiger partial charge in [0.15, 0.2) is 5.58 Å². The second-order valence-corrected chi connectivity index (χ2v) is 5.25. The summed E-state index contributed by atoms with van der Waals surface area (Å²) in [6, 6.07) is 8.10. The van der Waals surface area contributed by atoms with Crippen molar-refractivity contribution < 1.29 is 14.3 Å². The number of fused-ring (bicyclic) bond motifs is 1. The van der Waals surface area contributed by atoms with Gasteiger partial charge in [-0.3, -0.25) is 4.79 Å². The number of aromatic nitrogens is 1. The average Bonchev–Trinajstić information content (AvgIpc) is 2.81. The van der Waals surface area contributed by atoms with E-state index in [1.54, 1.807) is 0 Å². The highest BCUT2D eigenvalue weighted by Gasteiger charge is 2.31. The van der Waals surface area contributed by atoms with E-state index in [0.29, 0.717) is 24.9 Å². The number of nitrogens with zero attached hydrogens (tertiary/aromatic N) is 2. The van der Waals surface area contributed by atoms with E-state index in [1.165, 1.54) is 0 Å². The molecule has 0 saturated carbocycles. The highest BCUT2D eigenvalue weighted by atomic mass is 16.4. The topological polar surface area (TPSA) is 66.6 Å². The fourth-order valence-electron chi connectivity index (χ4n) is 2.68. The number of oxazole rings is 1. The molecule has 2 atom stereocenters. The number of carboxylic acid groups (broad SMARTS) is 1. The van der Waals surface area contributed by atoms with E-state index in [-0.39, 0.29) is 5.92 Å². The molecule has 5 nitrogen and oxygen atoms in total. The standard InChI is InChI=1S/C14H16N2O3/c1-9-6-10(13(17)18)8-16(7-9)14-15-11-4-2-3-5-12(11)19-14/h2-5,9-10H,6-8H2,1H3,(H,17,18). The number of piperidine rings is 1. The second kappa shape index (κ2) is 4.57. The van der Waals surface area contributed by atoms with Crippen LogP contribution >= 0.6 is 0 Å². The lowest BCUT2D eigenvalue weighted by Crippen LogP contribution is -2.42. The van der Waals surface area contributed by atoms with Crippen molar-refractivity contribution in [2.45, 2.75) is 13.3 Å². The Balaban J connectivity index is 1.89. The fraction of sp³-hybridized carbons (Fsp3) is 0.429. The predicted octanol–water partition coefficient (Wildman–Crippen LogP) is 2.37. The number of hydrogen-bond acceptors (Lipinski definition) is 4. The lowest BCUT2D eigenvalue weighted by Gasteiger charge is -2.33. The summed E-state index contributed by atoms with van der Waals surface area (Å²) in [6.45, 7) is 3.31. The maximum absolute atomic E-state index is 11.2. The van der Waals surface area contributed by atoms with Crippen molar-refractivity contribution in [3.8, 4) is 0 Å². The maximum Gasteiger partial charge on any atom is 0.308 e. The van der Waals surface area contributed by atoms with Crippen LogP contribution in [0.25, 0.3) is 11.1 Å². The van der Waals surface area contributed by atoms with Gasteiger partial charge in [0.25, 0.3) is 6.01 Å². The molecule has 1 aromatic carbocycles. The van der Waals surface area contributed by atoms with Crippen LogP contribution in [0.15, 0.2) is 28.7 Å². The molecule has 0 radical (unpaired) electrons. The molecule has 2 heterocycles. The van der Waals surface area contributed by atoms with Crippen molar-refractivity contribution in [1.29, 1.82) is 0 Å². The fourth-order valence-corrected chi connectivity index (χ4v) is 2.68. The molecular formula is C14H16N2O3. The van der Waals surface area contributed by atoms with Crippen LogP contribution in [0.5, 0.6) is 0 Å². The molecule has 1 fully saturated rings. The van der Waals surface area contributed by atoms with Gasteiger partial charge in [0.2, 0.25) is 0 Å². The van der Waals surface area contributed by atoms with Crippen LogP contribution in [0.3, 0.4) is 0 Å². The quantitative estimate of drug-likeness (QED) is 0.898. The molecular weight excluding hydrogens is 244 g/mol. The highest BCUT2D eigenvalue weighted by Crippen LogP contribution is 2.28. The highest BCUT2D eigenvalue weighted by molar-refractivity contribution is 5.75. The number of anilines is 1. The van der Waals surface area contributed by atoms with E-state index < -0.39 is 5.97 Å². The minimum atomic E-state index is -0.743. The van der Waals surface area contributed by atoms with Gasteiger partial charge < -0.3 is 14.4 Å². The first-order valence-corrected chi connectivity index (χ1v) is 6.47. The largest absolute Gasteiger partial charge is 0.481 e. The zero-order valence-corrected chi connectivity index (χ0v) is 10.7. The smallest absolute Gasteiger partial charge is 0.308 e. The third kappa shape index (κ3) is 2.28. The molecule has 5 heteroatoms. The number of carbonyl (C=O) groups is 1. The van der Waals surface area contributed by atoms with Crippen LogP contribution in [0.1, 0.15) is 13.3 Å². The second-order valence-electron chi connectivity index (χ2n) is 5.25. The van der Waals surface area contributed by atoms with Crippen LogP contribution in [-0.4, -0.2) is 29.1 Å². The van der Waals surface area contributed by atoms with Gasteiger partial charge in [0, 0.05) is 13.1 Å². The summed E-state index contributed by atoms with van der Waals surface area (Å²) >= 11 is 0. The summed E-state index contributed by atoms with van der Waals surface area (Å²) in [5.41, 5.74) is 1.55. The maximum atomic E-state index is 11.2. The van der Waals surface area contributed by atoms with Crippen molar-refractivity contribution in [3.05, 3.63) is 24.3 Å². The monoisotopic (exact) mass is 260 g/mol. The van der Waals surface area contributed by atoms with Gasteiger partial charge in [-0.15, -0.1) is 0 Å². The summed E-state index contributed by atoms with van der Waals surface area (Å²) in [7, 11) is 0. The Labute approximate surface area is 110 Å². The molecule has 1 N–H and O–H groups in total. The summed E-state index contributed by atoms with van der Waals surface area (Å²) in [5, 5.41) is 9.18. The molecule has 2 aromatic rings. The van der Waals surface area contributed by atoms with E-state index in [4.69, 9.17) is 4.42 Å². The Morgan fingerprint density at radius 2 is 2.21 bits per heavy atom. The van der Waals surface area contributed by atoms with Crippen LogP contribution in [-0.2, 0) is 4.79 Å².